The number of amides is 1. The third-order valence-corrected chi connectivity index (χ3v) is 4.36. The molecule has 3 N–H and O–H groups in total. The second-order valence-corrected chi connectivity index (χ2v) is 7.42. The van der Waals surface area contributed by atoms with E-state index in [0.717, 1.165) is 0 Å². The number of hydroxylamine groups is 2. The number of hydrogen-bond acceptors (Lipinski definition) is 7. The Bertz CT molecular complexity index is 445. The van der Waals surface area contributed by atoms with Crippen LogP contribution in [0.3, 0.4) is 0 Å². The van der Waals surface area contributed by atoms with E-state index in [-0.39, 0.29) is 5.06 Å². The summed E-state index contributed by atoms with van der Waals surface area (Å²) in [5.74, 6) is -1.76. The zero-order valence-electron chi connectivity index (χ0n) is 11.3. The SMILES string of the molecule is CC(C)(C)C(=O)OCOP(=O)(O)C1CC(O)N(O)C1=O. The average molecular weight is 311 g/mol. The molecule has 1 saturated heterocycles. The molecule has 0 aromatic heterocycles. The number of rotatable bonds is 4. The van der Waals surface area contributed by atoms with Crippen LogP contribution in [0, 0.1) is 5.41 Å². The molecule has 1 heterocycles. The number of esters is 1. The van der Waals surface area contributed by atoms with Crippen LogP contribution in [0.15, 0.2) is 0 Å². The van der Waals surface area contributed by atoms with E-state index in [1.807, 2.05) is 0 Å². The maximum absolute atomic E-state index is 11.8. The minimum absolute atomic E-state index is 0.0297. The average Bonchev–Trinajstić information content (AvgIpc) is 2.56. The van der Waals surface area contributed by atoms with Gasteiger partial charge in [0.25, 0.3) is 5.91 Å². The fourth-order valence-corrected chi connectivity index (χ4v) is 2.67. The minimum atomic E-state index is -4.47. The summed E-state index contributed by atoms with van der Waals surface area (Å²) in [6, 6.07) is 0. The van der Waals surface area contributed by atoms with E-state index >= 15 is 0 Å². The van der Waals surface area contributed by atoms with Crippen LogP contribution < -0.4 is 0 Å². The Labute approximate surface area is 115 Å². The molecule has 0 bridgehead atoms. The van der Waals surface area contributed by atoms with E-state index in [1.54, 1.807) is 20.8 Å². The van der Waals surface area contributed by atoms with Gasteiger partial charge in [0.2, 0.25) is 6.79 Å². The molecule has 9 nitrogen and oxygen atoms in total. The van der Waals surface area contributed by atoms with Crippen LogP contribution >= 0.6 is 7.60 Å². The van der Waals surface area contributed by atoms with Crippen LogP contribution in [0.25, 0.3) is 0 Å². The van der Waals surface area contributed by atoms with Crippen molar-refractivity contribution < 1.29 is 38.6 Å². The zero-order valence-corrected chi connectivity index (χ0v) is 12.2. The highest BCUT2D eigenvalue weighted by Crippen LogP contribution is 2.52. The van der Waals surface area contributed by atoms with Crippen molar-refractivity contribution in [1.29, 1.82) is 0 Å². The van der Waals surface area contributed by atoms with Crippen LogP contribution in [0.5, 0.6) is 0 Å². The number of aliphatic hydroxyl groups excluding tert-OH is 1. The van der Waals surface area contributed by atoms with E-state index in [1.165, 1.54) is 0 Å². The maximum Gasteiger partial charge on any atom is 0.343 e. The summed E-state index contributed by atoms with van der Waals surface area (Å²) in [6.45, 7) is 3.98. The van der Waals surface area contributed by atoms with E-state index in [9.17, 15) is 24.2 Å². The lowest BCUT2D eigenvalue weighted by molar-refractivity contribution is -0.189. The monoisotopic (exact) mass is 311 g/mol. The first-order chi connectivity index (χ1) is 8.97. The molecule has 0 spiro atoms. The summed E-state index contributed by atoms with van der Waals surface area (Å²) in [7, 11) is -4.47. The van der Waals surface area contributed by atoms with Gasteiger partial charge >= 0.3 is 13.6 Å². The molecule has 1 rings (SSSR count). The highest BCUT2D eigenvalue weighted by molar-refractivity contribution is 7.54. The second kappa shape index (κ2) is 5.79. The van der Waals surface area contributed by atoms with Crippen molar-refractivity contribution in [2.45, 2.75) is 39.1 Å². The number of ether oxygens (including phenoxy) is 1. The fraction of sp³-hybridized carbons (Fsp3) is 0.800. The molecule has 1 fully saturated rings. The molecule has 0 aromatic rings. The Morgan fingerprint density at radius 1 is 1.50 bits per heavy atom. The van der Waals surface area contributed by atoms with Gasteiger partial charge in [-0.15, -0.1) is 0 Å². The molecular formula is C10H18NO8P. The van der Waals surface area contributed by atoms with Crippen molar-refractivity contribution in [2.24, 2.45) is 5.41 Å². The molecule has 0 saturated carbocycles. The van der Waals surface area contributed by atoms with Gasteiger partial charge in [-0.25, -0.2) is 0 Å². The van der Waals surface area contributed by atoms with Gasteiger partial charge in [-0.3, -0.25) is 23.9 Å². The van der Waals surface area contributed by atoms with Crippen molar-refractivity contribution >= 4 is 19.5 Å². The number of nitrogens with zero attached hydrogens (tertiary/aromatic N) is 1. The number of hydrogen-bond donors (Lipinski definition) is 3. The molecule has 3 unspecified atom stereocenters. The summed E-state index contributed by atoms with van der Waals surface area (Å²) < 4.78 is 21.0. The molecule has 1 amide bonds. The Morgan fingerprint density at radius 2 is 2.05 bits per heavy atom. The molecule has 116 valence electrons. The summed E-state index contributed by atoms with van der Waals surface area (Å²) in [5, 5.41) is 18.3. The molecule has 0 radical (unpaired) electrons. The van der Waals surface area contributed by atoms with Crippen LogP contribution in [0.4, 0.5) is 0 Å². The number of aliphatic hydroxyl groups is 1. The topological polar surface area (TPSA) is 134 Å². The van der Waals surface area contributed by atoms with Gasteiger partial charge in [-0.2, -0.15) is 5.06 Å². The molecule has 1 aliphatic heterocycles. The summed E-state index contributed by atoms with van der Waals surface area (Å²) in [4.78, 5) is 32.4. The smallest absolute Gasteiger partial charge is 0.343 e. The number of carbonyl (C=O) groups is 2. The third-order valence-electron chi connectivity index (χ3n) is 2.66. The maximum atomic E-state index is 11.8. The highest BCUT2D eigenvalue weighted by Gasteiger charge is 2.49. The van der Waals surface area contributed by atoms with E-state index < -0.39 is 50.0 Å². The van der Waals surface area contributed by atoms with E-state index in [4.69, 9.17) is 5.21 Å². The Hall–Kier alpha value is -0.990. The quantitative estimate of drug-likeness (QED) is 0.287. The first-order valence-electron chi connectivity index (χ1n) is 5.81. The summed E-state index contributed by atoms with van der Waals surface area (Å²) >= 11 is 0. The van der Waals surface area contributed by atoms with Crippen molar-refractivity contribution in [3.05, 3.63) is 0 Å². The molecule has 10 heteroatoms. The Morgan fingerprint density at radius 3 is 2.45 bits per heavy atom. The predicted octanol–water partition coefficient (Wildman–Crippen LogP) is 0.0437. The van der Waals surface area contributed by atoms with Crippen molar-refractivity contribution in [3.8, 4) is 0 Å². The molecular weight excluding hydrogens is 293 g/mol. The standard InChI is InChI=1S/C10H18NO8P/c1-10(2,3)9(14)18-5-19-20(16,17)6-4-7(12)11(15)8(6)13/h6-7,12,15H,4-5H2,1-3H3,(H,16,17). The second-order valence-electron chi connectivity index (χ2n) is 5.41. The Balaban J connectivity index is 2.57. The van der Waals surface area contributed by atoms with Crippen molar-refractivity contribution in [1.82, 2.24) is 5.06 Å². The van der Waals surface area contributed by atoms with Crippen LogP contribution in [0.2, 0.25) is 0 Å². The van der Waals surface area contributed by atoms with Gasteiger partial charge in [0, 0.05) is 6.42 Å². The van der Waals surface area contributed by atoms with Crippen LogP contribution in [-0.4, -0.2) is 50.8 Å². The lowest BCUT2D eigenvalue weighted by Crippen LogP contribution is -2.31. The zero-order chi connectivity index (χ0) is 15.7. The normalized spacial score (nSPS) is 26.5. The lowest BCUT2D eigenvalue weighted by atomic mass is 9.98. The predicted molar refractivity (Wildman–Crippen MR) is 64.4 cm³/mol. The lowest BCUT2D eigenvalue weighted by Gasteiger charge is -2.19. The van der Waals surface area contributed by atoms with E-state index in [0.29, 0.717) is 0 Å². The van der Waals surface area contributed by atoms with Gasteiger partial charge in [0.05, 0.1) is 5.41 Å². The molecule has 0 aromatic carbocycles. The number of carbonyl (C=O) groups excluding carboxylic acids is 2. The summed E-state index contributed by atoms with van der Waals surface area (Å²) in [6.07, 6.45) is -2.01. The fourth-order valence-electron chi connectivity index (χ4n) is 1.43. The van der Waals surface area contributed by atoms with Gasteiger partial charge < -0.3 is 14.7 Å². The van der Waals surface area contributed by atoms with Gasteiger partial charge in [0.1, 0.15) is 5.66 Å². The van der Waals surface area contributed by atoms with Gasteiger partial charge in [-0.05, 0) is 20.8 Å². The molecule has 3 atom stereocenters. The van der Waals surface area contributed by atoms with Crippen molar-refractivity contribution in [3.63, 3.8) is 0 Å². The highest BCUT2D eigenvalue weighted by atomic mass is 31.2. The van der Waals surface area contributed by atoms with Crippen LogP contribution in [-0.2, 0) is 23.4 Å². The summed E-state index contributed by atoms with van der Waals surface area (Å²) in [5.41, 5.74) is -2.39. The third kappa shape index (κ3) is 3.77. The van der Waals surface area contributed by atoms with Crippen LogP contribution in [0.1, 0.15) is 27.2 Å². The van der Waals surface area contributed by atoms with Gasteiger partial charge in [0.15, 0.2) is 6.23 Å². The first-order valence-corrected chi connectivity index (χ1v) is 7.45. The van der Waals surface area contributed by atoms with E-state index in [2.05, 4.69) is 9.26 Å². The van der Waals surface area contributed by atoms with Crippen molar-refractivity contribution in [2.75, 3.05) is 6.79 Å². The first kappa shape index (κ1) is 17.1. The largest absolute Gasteiger partial charge is 0.438 e. The Kier molecular flexibility index (Phi) is 4.94. The molecule has 1 aliphatic rings. The van der Waals surface area contributed by atoms with Gasteiger partial charge in [-0.1, -0.05) is 0 Å². The molecule has 0 aliphatic carbocycles. The minimum Gasteiger partial charge on any atom is -0.438 e. The molecule has 20 heavy (non-hydrogen) atoms.